The predicted molar refractivity (Wildman–Crippen MR) is 66.4 cm³/mol. The molecule has 0 atom stereocenters. The van der Waals surface area contributed by atoms with Gasteiger partial charge in [-0.1, -0.05) is 57.6 Å². The van der Waals surface area contributed by atoms with Gasteiger partial charge in [0.15, 0.2) is 0 Å². The van der Waals surface area contributed by atoms with Crippen LogP contribution in [-0.2, 0) is 0 Å². The van der Waals surface area contributed by atoms with Crippen molar-refractivity contribution in [2.75, 3.05) is 0 Å². The maximum Gasteiger partial charge on any atom is -0.0162 e. The van der Waals surface area contributed by atoms with Crippen molar-refractivity contribution in [3.05, 3.63) is 36.5 Å². The lowest BCUT2D eigenvalue weighted by molar-refractivity contribution is 0.408. The van der Waals surface area contributed by atoms with E-state index in [0.717, 1.165) is 5.92 Å². The molecule has 14 heavy (non-hydrogen) atoms. The first-order chi connectivity index (χ1) is 6.38. The van der Waals surface area contributed by atoms with E-state index in [0.29, 0.717) is 0 Å². The highest BCUT2D eigenvalue weighted by Crippen LogP contribution is 2.30. The number of allylic oxidation sites excluding steroid dienone is 5. The Morgan fingerprint density at radius 3 is 2.36 bits per heavy atom. The summed E-state index contributed by atoms with van der Waals surface area (Å²) in [6.07, 6.45) is 15.4. The van der Waals surface area contributed by atoms with Gasteiger partial charge < -0.3 is 0 Å². The van der Waals surface area contributed by atoms with E-state index < -0.39 is 0 Å². The van der Waals surface area contributed by atoms with E-state index in [2.05, 4.69) is 31.7 Å². The van der Waals surface area contributed by atoms with Crippen LogP contribution in [0.25, 0.3) is 0 Å². The topological polar surface area (TPSA) is 0 Å². The fraction of sp³-hybridized carbons (Fsp3) is 0.571. The monoisotopic (exact) mass is 192 g/mol. The van der Waals surface area contributed by atoms with Crippen molar-refractivity contribution in [1.82, 2.24) is 0 Å². The van der Waals surface area contributed by atoms with E-state index in [1.807, 2.05) is 6.08 Å². The van der Waals surface area contributed by atoms with E-state index in [1.54, 1.807) is 0 Å². The van der Waals surface area contributed by atoms with E-state index in [9.17, 15) is 0 Å². The van der Waals surface area contributed by atoms with Crippen molar-refractivity contribution in [3.8, 4) is 0 Å². The molecule has 0 heteroatoms. The average molecular weight is 192 g/mol. The van der Waals surface area contributed by atoms with E-state index in [4.69, 9.17) is 0 Å². The van der Waals surface area contributed by atoms with Crippen LogP contribution in [0.1, 0.15) is 46.5 Å². The molecule has 0 N–H and O–H groups in total. The van der Waals surface area contributed by atoms with Crippen molar-refractivity contribution in [2.45, 2.75) is 46.5 Å². The van der Waals surface area contributed by atoms with Gasteiger partial charge >= 0.3 is 0 Å². The summed E-state index contributed by atoms with van der Waals surface area (Å²) < 4.78 is 0. The predicted octanol–water partition coefficient (Wildman–Crippen LogP) is 4.89. The molecule has 1 aliphatic rings. The minimum absolute atomic E-state index is 0. The summed E-state index contributed by atoms with van der Waals surface area (Å²) in [6, 6.07) is 0. The molecule has 1 fully saturated rings. The molecule has 1 aliphatic carbocycles. The Labute approximate surface area is 89.4 Å². The highest BCUT2D eigenvalue weighted by atomic mass is 14.2. The molecular formula is C14H24. The molecule has 0 radical (unpaired) electrons. The second-order valence-electron chi connectivity index (χ2n) is 3.73. The first-order valence-corrected chi connectivity index (χ1v) is 5.33. The van der Waals surface area contributed by atoms with Gasteiger partial charge in [0.05, 0.1) is 0 Å². The summed E-state index contributed by atoms with van der Waals surface area (Å²) in [7, 11) is 0. The SMILES string of the molecule is C.C=C/C(=C\C=C/C)C1CCCCC1. The van der Waals surface area contributed by atoms with Gasteiger partial charge in [-0.15, -0.1) is 0 Å². The van der Waals surface area contributed by atoms with Gasteiger partial charge in [-0.05, 0) is 31.3 Å². The van der Waals surface area contributed by atoms with Crippen molar-refractivity contribution in [3.63, 3.8) is 0 Å². The zero-order valence-corrected chi connectivity index (χ0v) is 8.63. The quantitative estimate of drug-likeness (QED) is 0.558. The molecule has 0 spiro atoms. The third kappa shape index (κ3) is 3.95. The lowest BCUT2D eigenvalue weighted by atomic mass is 9.83. The molecule has 0 unspecified atom stereocenters. The molecule has 80 valence electrons. The maximum atomic E-state index is 3.89. The van der Waals surface area contributed by atoms with Crippen molar-refractivity contribution < 1.29 is 0 Å². The highest BCUT2D eigenvalue weighted by Gasteiger charge is 2.14. The van der Waals surface area contributed by atoms with Crippen LogP contribution in [0.2, 0.25) is 0 Å². The van der Waals surface area contributed by atoms with Crippen LogP contribution in [0, 0.1) is 5.92 Å². The van der Waals surface area contributed by atoms with Crippen molar-refractivity contribution >= 4 is 0 Å². The lowest BCUT2D eigenvalue weighted by Crippen LogP contribution is -2.07. The molecule has 1 rings (SSSR count). The summed E-state index contributed by atoms with van der Waals surface area (Å²) in [5.41, 5.74) is 1.43. The van der Waals surface area contributed by atoms with Crippen LogP contribution < -0.4 is 0 Å². The van der Waals surface area contributed by atoms with Crippen LogP contribution in [0.15, 0.2) is 36.5 Å². The van der Waals surface area contributed by atoms with Crippen LogP contribution >= 0.6 is 0 Å². The van der Waals surface area contributed by atoms with E-state index >= 15 is 0 Å². The Balaban J connectivity index is 0.00000169. The molecule has 0 amide bonds. The van der Waals surface area contributed by atoms with Gasteiger partial charge in [0.2, 0.25) is 0 Å². The third-order valence-corrected chi connectivity index (χ3v) is 2.79. The fourth-order valence-corrected chi connectivity index (χ4v) is 2.01. The average Bonchev–Trinajstić information content (AvgIpc) is 2.21. The molecular weight excluding hydrogens is 168 g/mol. The Kier molecular flexibility index (Phi) is 7.18. The van der Waals surface area contributed by atoms with Gasteiger partial charge in [0.25, 0.3) is 0 Å². The lowest BCUT2D eigenvalue weighted by Gasteiger charge is -2.22. The Morgan fingerprint density at radius 1 is 1.21 bits per heavy atom. The molecule has 0 aromatic carbocycles. The molecule has 1 saturated carbocycles. The van der Waals surface area contributed by atoms with E-state index in [1.165, 1.54) is 37.7 Å². The second kappa shape index (κ2) is 7.61. The van der Waals surface area contributed by atoms with Gasteiger partial charge in [-0.25, -0.2) is 0 Å². The molecule has 0 aromatic rings. The molecule has 0 bridgehead atoms. The third-order valence-electron chi connectivity index (χ3n) is 2.79. The zero-order valence-electron chi connectivity index (χ0n) is 8.63. The first kappa shape index (κ1) is 13.2. The first-order valence-electron chi connectivity index (χ1n) is 5.33. The van der Waals surface area contributed by atoms with Gasteiger partial charge in [0.1, 0.15) is 0 Å². The fourth-order valence-electron chi connectivity index (χ4n) is 2.01. The Morgan fingerprint density at radius 2 is 1.86 bits per heavy atom. The molecule has 0 aromatic heterocycles. The van der Waals surface area contributed by atoms with Gasteiger partial charge in [-0.2, -0.15) is 0 Å². The molecule has 0 saturated heterocycles. The molecule has 0 nitrogen and oxygen atoms in total. The molecule has 0 heterocycles. The summed E-state index contributed by atoms with van der Waals surface area (Å²) in [6.45, 7) is 5.94. The van der Waals surface area contributed by atoms with Gasteiger partial charge in [-0.3, -0.25) is 0 Å². The number of hydrogen-bond donors (Lipinski definition) is 0. The summed E-state index contributed by atoms with van der Waals surface area (Å²) in [5, 5.41) is 0. The van der Waals surface area contributed by atoms with E-state index in [-0.39, 0.29) is 7.43 Å². The van der Waals surface area contributed by atoms with Crippen molar-refractivity contribution in [1.29, 1.82) is 0 Å². The Hall–Kier alpha value is -0.780. The smallest absolute Gasteiger partial charge is 0.0162 e. The summed E-state index contributed by atoms with van der Waals surface area (Å²) in [4.78, 5) is 0. The highest BCUT2D eigenvalue weighted by molar-refractivity contribution is 5.24. The maximum absolute atomic E-state index is 3.89. The Bertz CT molecular complexity index is 202. The van der Waals surface area contributed by atoms with Gasteiger partial charge in [0, 0.05) is 0 Å². The molecule has 0 aliphatic heterocycles. The van der Waals surface area contributed by atoms with Crippen LogP contribution in [0.4, 0.5) is 0 Å². The largest absolute Gasteiger partial charge is 0.0988 e. The van der Waals surface area contributed by atoms with Crippen molar-refractivity contribution in [2.24, 2.45) is 5.92 Å². The number of rotatable bonds is 3. The summed E-state index contributed by atoms with van der Waals surface area (Å²) >= 11 is 0. The standard InChI is InChI=1S/C13H20.CH4/c1-3-5-9-12(4-2)13-10-7-6-8-11-13;/h3-5,9,13H,2,6-8,10-11H2,1H3;1H4/b5-3-,12-9+;. The zero-order chi connectivity index (χ0) is 9.52. The normalized spacial score (nSPS) is 19.4. The van der Waals surface area contributed by atoms with Crippen LogP contribution in [0.3, 0.4) is 0 Å². The van der Waals surface area contributed by atoms with Crippen LogP contribution in [0.5, 0.6) is 0 Å². The van der Waals surface area contributed by atoms with Crippen LogP contribution in [-0.4, -0.2) is 0 Å². The second-order valence-corrected chi connectivity index (χ2v) is 3.73. The minimum atomic E-state index is 0. The number of hydrogen-bond acceptors (Lipinski definition) is 0. The summed E-state index contributed by atoms with van der Waals surface area (Å²) in [5.74, 6) is 0.780. The minimum Gasteiger partial charge on any atom is -0.0988 e.